The van der Waals surface area contributed by atoms with Crippen LogP contribution in [-0.4, -0.2) is 36.4 Å². The summed E-state index contributed by atoms with van der Waals surface area (Å²) in [7, 11) is 0. The third-order valence-electron chi connectivity index (χ3n) is 5.70. The number of hydrogen-bond acceptors (Lipinski definition) is 5. The van der Waals surface area contributed by atoms with Crippen LogP contribution in [-0.2, 0) is 17.8 Å². The molecule has 1 amide bonds. The molecule has 1 aromatic carbocycles. The summed E-state index contributed by atoms with van der Waals surface area (Å²) in [5, 5.41) is 0.580. The van der Waals surface area contributed by atoms with Crippen LogP contribution in [0.2, 0.25) is 0 Å². The first-order chi connectivity index (χ1) is 13.2. The second-order valence-electron chi connectivity index (χ2n) is 7.19. The zero-order valence-electron chi connectivity index (χ0n) is 14.8. The summed E-state index contributed by atoms with van der Waals surface area (Å²) < 4.78 is 1.53. The number of aryl methyl sites for hydroxylation is 1. The summed E-state index contributed by atoms with van der Waals surface area (Å²) in [4.78, 5) is 40.4. The number of fused-ring (bicyclic) bond motifs is 5. The van der Waals surface area contributed by atoms with E-state index in [2.05, 4.69) is 15.0 Å². The van der Waals surface area contributed by atoms with Crippen molar-refractivity contribution in [3.8, 4) is 0 Å². The molecule has 7 nitrogen and oxygen atoms in total. The molecule has 136 valence electrons. The largest absolute Gasteiger partial charge is 0.332 e. The normalized spacial score (nSPS) is 20.7. The van der Waals surface area contributed by atoms with Crippen LogP contribution in [0, 0.1) is 0 Å². The molecule has 0 aliphatic carbocycles. The topological polar surface area (TPSA) is 81.0 Å². The van der Waals surface area contributed by atoms with Crippen LogP contribution in [0.4, 0.5) is 0 Å². The maximum absolute atomic E-state index is 13.0. The predicted molar refractivity (Wildman–Crippen MR) is 99.0 cm³/mol. The SMILES string of the molecule is O=C(CCn1cnc2ccccc2c1=O)N1C2CCC1c1cncnc1C2. The van der Waals surface area contributed by atoms with Crippen molar-refractivity contribution in [2.75, 3.05) is 0 Å². The van der Waals surface area contributed by atoms with Crippen LogP contribution in [0.5, 0.6) is 0 Å². The van der Waals surface area contributed by atoms with E-state index >= 15 is 0 Å². The molecule has 0 spiro atoms. The zero-order valence-corrected chi connectivity index (χ0v) is 14.8. The zero-order chi connectivity index (χ0) is 18.4. The maximum atomic E-state index is 13.0. The Balaban J connectivity index is 1.36. The highest BCUT2D eigenvalue weighted by molar-refractivity contribution is 5.78. The van der Waals surface area contributed by atoms with Crippen molar-refractivity contribution >= 4 is 16.8 Å². The van der Waals surface area contributed by atoms with Gasteiger partial charge < -0.3 is 4.90 Å². The number of amides is 1. The lowest BCUT2D eigenvalue weighted by atomic mass is 9.99. The first kappa shape index (κ1) is 16.1. The molecule has 2 unspecified atom stereocenters. The predicted octanol–water partition coefficient (Wildman–Crippen LogP) is 1.86. The van der Waals surface area contributed by atoms with Crippen LogP contribution < -0.4 is 5.56 Å². The number of aromatic nitrogens is 4. The minimum atomic E-state index is -0.103. The first-order valence-corrected chi connectivity index (χ1v) is 9.26. The highest BCUT2D eigenvalue weighted by atomic mass is 16.2. The lowest BCUT2D eigenvalue weighted by Crippen LogP contribution is -2.42. The highest BCUT2D eigenvalue weighted by Crippen LogP contribution is 2.42. The molecule has 27 heavy (non-hydrogen) atoms. The summed E-state index contributed by atoms with van der Waals surface area (Å²) in [6.45, 7) is 0.337. The van der Waals surface area contributed by atoms with E-state index in [-0.39, 0.29) is 30.0 Å². The standard InChI is InChI=1S/C20H19N5O2/c26-19(7-8-24-12-23-16-4-2-1-3-14(16)20(24)27)25-13-5-6-18(25)15-10-21-11-22-17(15)9-13/h1-4,10-13,18H,5-9H2. The molecule has 1 saturated heterocycles. The number of rotatable bonds is 3. The fraction of sp³-hybridized carbons (Fsp3) is 0.350. The number of carbonyl (C=O) groups excluding carboxylic acids is 1. The summed E-state index contributed by atoms with van der Waals surface area (Å²) in [5.74, 6) is 0.0806. The van der Waals surface area contributed by atoms with E-state index in [1.54, 1.807) is 12.4 Å². The van der Waals surface area contributed by atoms with Crippen molar-refractivity contribution in [3.05, 3.63) is 64.7 Å². The maximum Gasteiger partial charge on any atom is 0.261 e. The van der Waals surface area contributed by atoms with E-state index in [4.69, 9.17) is 0 Å². The van der Waals surface area contributed by atoms with Gasteiger partial charge in [-0.15, -0.1) is 0 Å². The molecule has 3 aromatic rings. The van der Waals surface area contributed by atoms with Gasteiger partial charge in [0.1, 0.15) is 6.33 Å². The Hall–Kier alpha value is -3.09. The lowest BCUT2D eigenvalue weighted by Gasteiger charge is -2.35. The Labute approximate surface area is 155 Å². The van der Waals surface area contributed by atoms with Gasteiger partial charge in [0, 0.05) is 37.2 Å². The molecular weight excluding hydrogens is 342 g/mol. The van der Waals surface area contributed by atoms with Gasteiger partial charge in [0.25, 0.3) is 5.56 Å². The molecule has 0 N–H and O–H groups in total. The number of nitrogens with zero attached hydrogens (tertiary/aromatic N) is 5. The van der Waals surface area contributed by atoms with Gasteiger partial charge in [0.05, 0.1) is 29.0 Å². The van der Waals surface area contributed by atoms with E-state index in [1.807, 2.05) is 29.3 Å². The fourth-order valence-electron chi connectivity index (χ4n) is 4.41. The van der Waals surface area contributed by atoms with Gasteiger partial charge in [-0.05, 0) is 25.0 Å². The second-order valence-corrected chi connectivity index (χ2v) is 7.19. The summed E-state index contributed by atoms with van der Waals surface area (Å²) in [5.41, 5.74) is 2.71. The van der Waals surface area contributed by atoms with E-state index < -0.39 is 0 Å². The molecule has 2 aliphatic heterocycles. The molecule has 7 heteroatoms. The fourth-order valence-corrected chi connectivity index (χ4v) is 4.41. The number of hydrogen-bond donors (Lipinski definition) is 0. The van der Waals surface area contributed by atoms with E-state index in [0.717, 1.165) is 30.5 Å². The summed E-state index contributed by atoms with van der Waals surface area (Å²) >= 11 is 0. The molecule has 4 heterocycles. The van der Waals surface area contributed by atoms with Crippen molar-refractivity contribution in [1.82, 2.24) is 24.4 Å². The Bertz CT molecular complexity index is 1090. The Morgan fingerprint density at radius 1 is 1.19 bits per heavy atom. The molecule has 2 aromatic heterocycles. The van der Waals surface area contributed by atoms with Gasteiger partial charge in [0.15, 0.2) is 0 Å². The van der Waals surface area contributed by atoms with Crippen molar-refractivity contribution in [1.29, 1.82) is 0 Å². The van der Waals surface area contributed by atoms with Crippen LogP contribution >= 0.6 is 0 Å². The van der Waals surface area contributed by atoms with Crippen molar-refractivity contribution in [3.63, 3.8) is 0 Å². The van der Waals surface area contributed by atoms with Crippen LogP contribution in [0.1, 0.15) is 36.6 Å². The quantitative estimate of drug-likeness (QED) is 0.711. The second kappa shape index (κ2) is 6.26. The van der Waals surface area contributed by atoms with Crippen LogP contribution in [0.15, 0.2) is 47.9 Å². The minimum absolute atomic E-state index is 0.0684. The van der Waals surface area contributed by atoms with Crippen molar-refractivity contribution in [2.24, 2.45) is 0 Å². The smallest absolute Gasteiger partial charge is 0.261 e. The molecule has 2 atom stereocenters. The van der Waals surface area contributed by atoms with Gasteiger partial charge in [-0.25, -0.2) is 15.0 Å². The Kier molecular flexibility index (Phi) is 3.74. The first-order valence-electron chi connectivity index (χ1n) is 9.26. The van der Waals surface area contributed by atoms with E-state index in [0.29, 0.717) is 17.4 Å². The Morgan fingerprint density at radius 2 is 2.07 bits per heavy atom. The average Bonchev–Trinajstić information content (AvgIpc) is 3.02. The summed E-state index contributed by atoms with van der Waals surface area (Å²) in [6.07, 6.45) is 7.97. The third-order valence-corrected chi connectivity index (χ3v) is 5.70. The molecule has 1 fully saturated rings. The molecule has 5 rings (SSSR count). The number of para-hydroxylation sites is 1. The monoisotopic (exact) mass is 361 g/mol. The van der Waals surface area contributed by atoms with Gasteiger partial charge in [-0.1, -0.05) is 12.1 Å². The van der Waals surface area contributed by atoms with Gasteiger partial charge >= 0.3 is 0 Å². The summed E-state index contributed by atoms with van der Waals surface area (Å²) in [6, 6.07) is 7.54. The average molecular weight is 361 g/mol. The molecule has 0 radical (unpaired) electrons. The third kappa shape index (κ3) is 2.61. The van der Waals surface area contributed by atoms with Gasteiger partial charge in [-0.3, -0.25) is 14.2 Å². The van der Waals surface area contributed by atoms with Crippen molar-refractivity contribution < 1.29 is 4.79 Å². The van der Waals surface area contributed by atoms with E-state index in [1.165, 1.54) is 10.9 Å². The lowest BCUT2D eigenvalue weighted by molar-refractivity contribution is -0.135. The van der Waals surface area contributed by atoms with Gasteiger partial charge in [0.2, 0.25) is 5.91 Å². The van der Waals surface area contributed by atoms with E-state index in [9.17, 15) is 9.59 Å². The molecule has 0 saturated carbocycles. The van der Waals surface area contributed by atoms with Crippen molar-refractivity contribution in [2.45, 2.75) is 44.3 Å². The minimum Gasteiger partial charge on any atom is -0.332 e. The highest BCUT2D eigenvalue weighted by Gasteiger charge is 2.42. The van der Waals surface area contributed by atoms with Crippen LogP contribution in [0.25, 0.3) is 10.9 Å². The number of carbonyl (C=O) groups is 1. The molecule has 2 aliphatic rings. The Morgan fingerprint density at radius 3 is 3.00 bits per heavy atom. The molecular formula is C20H19N5O2. The number of benzene rings is 1. The van der Waals surface area contributed by atoms with Crippen LogP contribution in [0.3, 0.4) is 0 Å². The van der Waals surface area contributed by atoms with Gasteiger partial charge in [-0.2, -0.15) is 0 Å². The molecule has 2 bridgehead atoms.